The van der Waals surface area contributed by atoms with E-state index in [0.29, 0.717) is 31.7 Å². The molecule has 0 radical (unpaired) electrons. The first-order valence-corrected chi connectivity index (χ1v) is 18.7. The summed E-state index contributed by atoms with van der Waals surface area (Å²) >= 11 is 0. The Balaban J connectivity index is 0.936. The molecule has 3 aliphatic heterocycles. The van der Waals surface area contributed by atoms with E-state index in [1.165, 1.54) is 11.1 Å². The Bertz CT molecular complexity index is 1990. The number of nitrogens with one attached hydrogen (secondary N) is 1. The lowest BCUT2D eigenvalue weighted by atomic mass is 9.96. The number of rotatable bonds is 12. The molecule has 0 aliphatic carbocycles. The molecule has 3 aliphatic rings. The van der Waals surface area contributed by atoms with Gasteiger partial charge in [0, 0.05) is 51.3 Å². The number of fused-ring (bicyclic) bond motifs is 1. The molecule has 274 valence electrons. The van der Waals surface area contributed by atoms with Crippen molar-refractivity contribution in [2.24, 2.45) is 0 Å². The number of nitrogens with zero attached hydrogens (tertiary/aromatic N) is 3. The molecule has 0 aromatic heterocycles. The predicted molar refractivity (Wildman–Crippen MR) is 206 cm³/mol. The minimum absolute atomic E-state index is 0.0581. The summed E-state index contributed by atoms with van der Waals surface area (Å²) in [6.45, 7) is 5.77. The molecule has 54 heavy (non-hydrogen) atoms. The lowest BCUT2D eigenvalue weighted by Crippen LogP contribution is -2.52. The van der Waals surface area contributed by atoms with Crippen molar-refractivity contribution in [1.82, 2.24) is 20.0 Å². The minimum atomic E-state index is -0.608. The second-order valence-corrected chi connectivity index (χ2v) is 14.3. The van der Waals surface area contributed by atoms with Gasteiger partial charge in [-0.15, -0.1) is 0 Å². The maximum absolute atomic E-state index is 13.2. The Morgan fingerprint density at radius 1 is 0.648 bits per heavy atom. The molecule has 0 spiro atoms. The van der Waals surface area contributed by atoms with Crippen LogP contribution in [0.5, 0.6) is 11.5 Å². The molecule has 2 fully saturated rings. The standard InChI is InChI=1S/C45H44N4O5/c50-42-22-21-41(44(51)46-42)49-29-37-27-34(11-20-40(37)45(49)52)28-47-23-25-48(26-24-47)43(35-12-16-38(17-13-35)53-30-32-7-3-1-4-8-32)36-14-18-39(19-15-36)54-31-33-9-5-2-6-10-33/h1-20,27,41,43H,21-26,28-31H2,(H,46,50,51). The number of hydrogen-bond donors (Lipinski definition) is 1. The van der Waals surface area contributed by atoms with Gasteiger partial charge in [0.1, 0.15) is 30.8 Å². The van der Waals surface area contributed by atoms with Gasteiger partial charge in [0.05, 0.1) is 6.04 Å². The van der Waals surface area contributed by atoms with E-state index in [9.17, 15) is 14.4 Å². The van der Waals surface area contributed by atoms with Crippen LogP contribution in [-0.2, 0) is 35.9 Å². The van der Waals surface area contributed by atoms with Crippen LogP contribution in [0, 0.1) is 0 Å². The summed E-state index contributed by atoms with van der Waals surface area (Å²) in [6.07, 6.45) is 0.610. The number of carbonyl (C=O) groups is 3. The van der Waals surface area contributed by atoms with Crippen molar-refractivity contribution in [3.8, 4) is 11.5 Å². The first-order chi connectivity index (χ1) is 26.5. The lowest BCUT2D eigenvalue weighted by molar-refractivity contribution is -0.136. The number of piperidine rings is 1. The number of carbonyl (C=O) groups excluding carboxylic acids is 3. The predicted octanol–water partition coefficient (Wildman–Crippen LogP) is 6.51. The van der Waals surface area contributed by atoms with Gasteiger partial charge < -0.3 is 14.4 Å². The van der Waals surface area contributed by atoms with Crippen molar-refractivity contribution >= 4 is 17.7 Å². The van der Waals surface area contributed by atoms with Gasteiger partial charge in [-0.1, -0.05) is 97.1 Å². The summed E-state index contributed by atoms with van der Waals surface area (Å²) in [5, 5.41) is 2.38. The number of imide groups is 1. The van der Waals surface area contributed by atoms with Gasteiger partial charge in [0.15, 0.2) is 0 Å². The van der Waals surface area contributed by atoms with E-state index < -0.39 is 6.04 Å². The van der Waals surface area contributed by atoms with Crippen LogP contribution in [0.15, 0.2) is 127 Å². The number of ether oxygens (including phenoxy) is 2. The van der Waals surface area contributed by atoms with Crippen molar-refractivity contribution < 1.29 is 23.9 Å². The quantitative estimate of drug-likeness (QED) is 0.147. The molecule has 8 rings (SSSR count). The van der Waals surface area contributed by atoms with Gasteiger partial charge in [-0.2, -0.15) is 0 Å². The van der Waals surface area contributed by atoms with E-state index in [2.05, 4.69) is 94.0 Å². The molecular weight excluding hydrogens is 677 g/mol. The highest BCUT2D eigenvalue weighted by Crippen LogP contribution is 2.33. The SMILES string of the molecule is O=C1CCC(N2Cc3cc(CN4CCN(C(c5ccc(OCc6ccccc6)cc5)c5ccc(OCc6ccccc6)cc5)CC4)ccc3C2=O)C(=O)N1. The number of amides is 3. The molecule has 1 atom stereocenters. The maximum Gasteiger partial charge on any atom is 0.255 e. The van der Waals surface area contributed by atoms with Gasteiger partial charge in [0.25, 0.3) is 5.91 Å². The zero-order chi connectivity index (χ0) is 36.9. The first-order valence-electron chi connectivity index (χ1n) is 18.7. The maximum atomic E-state index is 13.2. The van der Waals surface area contributed by atoms with Gasteiger partial charge >= 0.3 is 0 Å². The fraction of sp³-hybridized carbons (Fsp3) is 0.267. The van der Waals surface area contributed by atoms with Crippen LogP contribution in [0.3, 0.4) is 0 Å². The first kappa shape index (κ1) is 35.3. The van der Waals surface area contributed by atoms with Crippen LogP contribution in [0.2, 0.25) is 0 Å². The van der Waals surface area contributed by atoms with Crippen molar-refractivity contribution in [1.29, 1.82) is 0 Å². The lowest BCUT2D eigenvalue weighted by Gasteiger charge is -2.40. The van der Waals surface area contributed by atoms with E-state index in [4.69, 9.17) is 9.47 Å². The molecule has 5 aromatic rings. The van der Waals surface area contributed by atoms with E-state index >= 15 is 0 Å². The van der Waals surface area contributed by atoms with Crippen LogP contribution < -0.4 is 14.8 Å². The molecular formula is C45H44N4O5. The van der Waals surface area contributed by atoms with Crippen LogP contribution in [-0.4, -0.2) is 64.6 Å². The van der Waals surface area contributed by atoms with E-state index in [-0.39, 0.29) is 30.2 Å². The molecule has 3 amide bonds. The Kier molecular flexibility index (Phi) is 10.5. The molecule has 0 bridgehead atoms. The van der Waals surface area contributed by atoms with Crippen LogP contribution >= 0.6 is 0 Å². The number of hydrogen-bond acceptors (Lipinski definition) is 7. The van der Waals surface area contributed by atoms with Crippen LogP contribution in [0.1, 0.15) is 62.6 Å². The Labute approximate surface area is 316 Å². The summed E-state index contributed by atoms with van der Waals surface area (Å²) < 4.78 is 12.2. The summed E-state index contributed by atoms with van der Waals surface area (Å²) in [5.41, 5.74) is 7.41. The Morgan fingerprint density at radius 3 is 1.78 bits per heavy atom. The molecule has 0 saturated carbocycles. The topological polar surface area (TPSA) is 91.4 Å². The second-order valence-electron chi connectivity index (χ2n) is 14.3. The van der Waals surface area contributed by atoms with Crippen molar-refractivity contribution in [3.05, 3.63) is 166 Å². The molecule has 1 N–H and O–H groups in total. The van der Waals surface area contributed by atoms with Crippen molar-refractivity contribution in [3.63, 3.8) is 0 Å². The normalized spacial score (nSPS) is 17.8. The van der Waals surface area contributed by atoms with E-state index in [1.54, 1.807) is 4.90 Å². The fourth-order valence-corrected chi connectivity index (χ4v) is 7.75. The monoisotopic (exact) mass is 720 g/mol. The zero-order valence-corrected chi connectivity index (χ0v) is 30.2. The largest absolute Gasteiger partial charge is 0.489 e. The van der Waals surface area contributed by atoms with E-state index in [1.807, 2.05) is 48.5 Å². The van der Waals surface area contributed by atoms with Gasteiger partial charge in [-0.3, -0.25) is 29.5 Å². The fourth-order valence-electron chi connectivity index (χ4n) is 7.75. The highest BCUT2D eigenvalue weighted by molar-refractivity contribution is 6.05. The van der Waals surface area contributed by atoms with Crippen LogP contribution in [0.25, 0.3) is 0 Å². The molecule has 5 aromatic carbocycles. The molecule has 9 heteroatoms. The van der Waals surface area contributed by atoms with Gasteiger partial charge in [-0.05, 0) is 70.1 Å². The second kappa shape index (κ2) is 16.1. The summed E-state index contributed by atoms with van der Waals surface area (Å²) in [5.74, 6) is 0.873. The average Bonchev–Trinajstić information content (AvgIpc) is 3.53. The van der Waals surface area contributed by atoms with Gasteiger partial charge in [0.2, 0.25) is 11.8 Å². The third-order valence-electron chi connectivity index (χ3n) is 10.7. The highest BCUT2D eigenvalue weighted by atomic mass is 16.5. The van der Waals surface area contributed by atoms with Crippen molar-refractivity contribution in [2.75, 3.05) is 26.2 Å². The molecule has 1 unspecified atom stereocenters. The summed E-state index contributed by atoms with van der Waals surface area (Å²) in [7, 11) is 0. The minimum Gasteiger partial charge on any atom is -0.489 e. The van der Waals surface area contributed by atoms with Crippen LogP contribution in [0.4, 0.5) is 0 Å². The summed E-state index contributed by atoms with van der Waals surface area (Å²) in [6, 6.07) is 42.9. The molecule has 9 nitrogen and oxygen atoms in total. The molecule has 2 saturated heterocycles. The van der Waals surface area contributed by atoms with Gasteiger partial charge in [-0.25, -0.2) is 0 Å². The zero-order valence-electron chi connectivity index (χ0n) is 30.2. The van der Waals surface area contributed by atoms with E-state index in [0.717, 1.165) is 66.5 Å². The molecule has 3 heterocycles. The smallest absolute Gasteiger partial charge is 0.255 e. The third kappa shape index (κ3) is 8.07. The number of benzene rings is 5. The highest BCUT2D eigenvalue weighted by Gasteiger charge is 2.39. The average molecular weight is 721 g/mol. The number of piperazine rings is 1. The van der Waals surface area contributed by atoms with Crippen molar-refractivity contribution in [2.45, 2.75) is 51.2 Å². The Hall–Kier alpha value is -5.77. The summed E-state index contributed by atoms with van der Waals surface area (Å²) in [4.78, 5) is 44.0. The Morgan fingerprint density at radius 2 is 1.22 bits per heavy atom. The third-order valence-corrected chi connectivity index (χ3v) is 10.7.